The monoisotopic (exact) mass is 187 g/mol. The van der Waals surface area contributed by atoms with Crippen molar-refractivity contribution in [2.75, 3.05) is 5.75 Å². The molecule has 0 N–H and O–H groups in total. The van der Waals surface area contributed by atoms with E-state index in [2.05, 4.69) is 22.4 Å². The van der Waals surface area contributed by atoms with Gasteiger partial charge in [0, 0.05) is 0 Å². The molecule has 1 fully saturated rings. The molecule has 1 saturated heterocycles. The van der Waals surface area contributed by atoms with Gasteiger partial charge >= 0.3 is 0 Å². The summed E-state index contributed by atoms with van der Waals surface area (Å²) in [7, 11) is 0. The third kappa shape index (κ3) is 2.73. The largest absolute Gasteiger partial charge is 0.271 e. The Balaban J connectivity index is 2.44. The number of rotatable bonds is 1. The van der Waals surface area contributed by atoms with E-state index in [4.69, 9.17) is 0 Å². The first-order valence-corrected chi connectivity index (χ1v) is 5.03. The number of hydrogen-bond donors (Lipinski definition) is 0. The second-order valence-electron chi connectivity index (χ2n) is 2.40. The van der Waals surface area contributed by atoms with Crippen LogP contribution in [0.4, 0.5) is 0 Å². The van der Waals surface area contributed by atoms with E-state index in [1.165, 1.54) is 6.42 Å². The second-order valence-corrected chi connectivity index (χ2v) is 3.89. The minimum atomic E-state index is -0.107. The molecule has 0 bridgehead atoms. The number of hydrogen-bond acceptors (Lipinski definition) is 3. The number of carbonyl (C=O) groups excluding carboxylic acids is 1. The van der Waals surface area contributed by atoms with E-state index < -0.39 is 0 Å². The highest BCUT2D eigenvalue weighted by Crippen LogP contribution is 2.25. The summed E-state index contributed by atoms with van der Waals surface area (Å²) in [6.07, 6.45) is 3.30. The molecule has 0 spiro atoms. The topological polar surface area (TPSA) is 29.4 Å². The molecule has 1 amide bonds. The maximum atomic E-state index is 11.1. The Morgan fingerprint density at radius 2 is 2.45 bits per heavy atom. The van der Waals surface area contributed by atoms with Crippen molar-refractivity contribution in [3.63, 3.8) is 0 Å². The first-order valence-electron chi connectivity index (χ1n) is 3.58. The van der Waals surface area contributed by atoms with E-state index in [0.29, 0.717) is 0 Å². The summed E-state index contributed by atoms with van der Waals surface area (Å²) < 4.78 is 0. The molecule has 1 rings (SSSR count). The zero-order valence-corrected chi connectivity index (χ0v) is 7.71. The van der Waals surface area contributed by atoms with Gasteiger partial charge in [0.05, 0.1) is 10.4 Å². The summed E-state index contributed by atoms with van der Waals surface area (Å²) in [4.78, 5) is 14.5. The van der Waals surface area contributed by atoms with Crippen molar-refractivity contribution in [1.29, 1.82) is 0 Å². The van der Waals surface area contributed by atoms with Crippen LogP contribution in [0.1, 0.15) is 19.3 Å². The van der Waals surface area contributed by atoms with Gasteiger partial charge in [0.1, 0.15) is 0 Å². The Morgan fingerprint density at radius 3 is 3.00 bits per heavy atom. The zero-order valence-electron chi connectivity index (χ0n) is 6.08. The van der Waals surface area contributed by atoms with Gasteiger partial charge in [-0.15, -0.1) is 11.8 Å². The molecule has 4 heteroatoms. The van der Waals surface area contributed by atoms with Gasteiger partial charge in [0.25, 0.3) is 5.91 Å². The number of isothiocyanates is 1. The number of aliphatic imine (C=N–C) groups is 1. The van der Waals surface area contributed by atoms with Crippen molar-refractivity contribution in [2.45, 2.75) is 24.5 Å². The average molecular weight is 187 g/mol. The Morgan fingerprint density at radius 1 is 1.64 bits per heavy atom. The first kappa shape index (κ1) is 8.91. The molecule has 1 aliphatic heterocycles. The van der Waals surface area contributed by atoms with Crippen LogP contribution in [0.5, 0.6) is 0 Å². The molecule has 1 aliphatic rings. The lowest BCUT2D eigenvalue weighted by atomic mass is 10.2. The van der Waals surface area contributed by atoms with Gasteiger partial charge < -0.3 is 0 Å². The molecule has 0 aromatic heterocycles. The van der Waals surface area contributed by atoms with E-state index in [1.807, 2.05) is 0 Å². The molecular formula is C7H9NOS2. The Bertz CT molecular complexity index is 193. The standard InChI is InChI=1S/C7H9NOS2/c9-7(8-5-10)6-3-1-2-4-11-6/h6H,1-4H2. The third-order valence-corrected chi connectivity index (χ3v) is 3.07. The minimum Gasteiger partial charge on any atom is -0.271 e. The molecule has 0 radical (unpaired) electrons. The summed E-state index contributed by atoms with van der Waals surface area (Å²) >= 11 is 6.03. The van der Waals surface area contributed by atoms with E-state index in [-0.39, 0.29) is 11.2 Å². The minimum absolute atomic E-state index is 0.0548. The van der Waals surface area contributed by atoms with Gasteiger partial charge in [0.15, 0.2) is 0 Å². The van der Waals surface area contributed by atoms with Gasteiger partial charge in [-0.05, 0) is 30.8 Å². The molecule has 0 aromatic carbocycles. The van der Waals surface area contributed by atoms with Crippen molar-refractivity contribution in [3.05, 3.63) is 0 Å². The van der Waals surface area contributed by atoms with Crippen LogP contribution in [-0.4, -0.2) is 22.1 Å². The number of carbonyl (C=O) groups is 1. The number of amides is 1. The Hall–Kier alpha value is -0.180. The second kappa shape index (κ2) is 4.65. The molecule has 0 aliphatic carbocycles. The molecule has 1 heterocycles. The highest BCUT2D eigenvalue weighted by Gasteiger charge is 2.20. The van der Waals surface area contributed by atoms with Crippen LogP contribution < -0.4 is 0 Å². The Labute approximate surface area is 75.5 Å². The lowest BCUT2D eigenvalue weighted by Crippen LogP contribution is -2.18. The molecule has 60 valence electrons. The van der Waals surface area contributed by atoms with E-state index in [9.17, 15) is 4.79 Å². The van der Waals surface area contributed by atoms with Crippen LogP contribution in [0.15, 0.2) is 4.99 Å². The summed E-state index contributed by atoms with van der Waals surface area (Å²) in [6, 6.07) is 0. The first-order chi connectivity index (χ1) is 5.34. The molecule has 1 unspecified atom stereocenters. The van der Waals surface area contributed by atoms with E-state index in [0.717, 1.165) is 18.6 Å². The van der Waals surface area contributed by atoms with Crippen LogP contribution in [0.25, 0.3) is 0 Å². The summed E-state index contributed by atoms with van der Waals surface area (Å²) in [5, 5.41) is 2.17. The maximum Gasteiger partial charge on any atom is 0.267 e. The molecule has 11 heavy (non-hydrogen) atoms. The van der Waals surface area contributed by atoms with Gasteiger partial charge in [-0.25, -0.2) is 0 Å². The molecule has 1 atom stereocenters. The predicted molar refractivity (Wildman–Crippen MR) is 50.1 cm³/mol. The van der Waals surface area contributed by atoms with Crippen molar-refractivity contribution in [1.82, 2.24) is 0 Å². The van der Waals surface area contributed by atoms with Crippen LogP contribution in [0.3, 0.4) is 0 Å². The van der Waals surface area contributed by atoms with Gasteiger partial charge in [0.2, 0.25) is 0 Å². The van der Waals surface area contributed by atoms with Crippen LogP contribution in [0.2, 0.25) is 0 Å². The molecular weight excluding hydrogens is 178 g/mol. The fourth-order valence-electron chi connectivity index (χ4n) is 1.05. The smallest absolute Gasteiger partial charge is 0.267 e. The number of nitrogens with zero attached hydrogens (tertiary/aromatic N) is 1. The van der Waals surface area contributed by atoms with Crippen molar-refractivity contribution in [2.24, 2.45) is 4.99 Å². The van der Waals surface area contributed by atoms with Crippen molar-refractivity contribution in [3.8, 4) is 0 Å². The van der Waals surface area contributed by atoms with Gasteiger partial charge in [-0.1, -0.05) is 6.42 Å². The summed E-state index contributed by atoms with van der Waals surface area (Å²) in [5.41, 5.74) is 0. The van der Waals surface area contributed by atoms with E-state index >= 15 is 0 Å². The number of thioether (sulfide) groups is 1. The van der Waals surface area contributed by atoms with Gasteiger partial charge in [-0.3, -0.25) is 4.79 Å². The maximum absolute atomic E-state index is 11.1. The molecule has 0 saturated carbocycles. The fraction of sp³-hybridized carbons (Fsp3) is 0.714. The quantitative estimate of drug-likeness (QED) is 0.464. The molecule has 2 nitrogen and oxygen atoms in total. The zero-order chi connectivity index (χ0) is 8.10. The number of thiocarbonyl (C=S) groups is 1. The van der Waals surface area contributed by atoms with Crippen LogP contribution in [0, 0.1) is 0 Å². The third-order valence-electron chi connectivity index (χ3n) is 1.61. The highest BCUT2D eigenvalue weighted by atomic mass is 32.2. The SMILES string of the molecule is O=C(N=C=S)C1CCCCS1. The van der Waals surface area contributed by atoms with Gasteiger partial charge in [-0.2, -0.15) is 4.99 Å². The summed E-state index contributed by atoms with van der Waals surface area (Å²) in [5.74, 6) is 0.966. The van der Waals surface area contributed by atoms with Crippen LogP contribution >= 0.6 is 24.0 Å². The predicted octanol–water partition coefficient (Wildman–Crippen LogP) is 1.90. The van der Waals surface area contributed by atoms with Crippen molar-refractivity contribution >= 4 is 35.0 Å². The average Bonchev–Trinajstić information content (AvgIpc) is 2.07. The lowest BCUT2D eigenvalue weighted by molar-refractivity contribution is -0.117. The van der Waals surface area contributed by atoms with E-state index in [1.54, 1.807) is 11.8 Å². The normalized spacial score (nSPS) is 23.8. The van der Waals surface area contributed by atoms with Crippen molar-refractivity contribution < 1.29 is 4.79 Å². The van der Waals surface area contributed by atoms with Crippen LogP contribution in [-0.2, 0) is 4.79 Å². The highest BCUT2D eigenvalue weighted by molar-refractivity contribution is 8.00. The summed E-state index contributed by atoms with van der Waals surface area (Å²) in [6.45, 7) is 0. The fourth-order valence-corrected chi connectivity index (χ4v) is 2.33. The Kier molecular flexibility index (Phi) is 3.77. The molecule has 0 aromatic rings. The lowest BCUT2D eigenvalue weighted by Gasteiger charge is -2.16.